The number of hydrogen-bond acceptors (Lipinski definition) is 6. The molecule has 1 N–H and O–H groups in total. The molecule has 0 amide bonds. The zero-order chi connectivity index (χ0) is 22.1. The molecule has 0 aliphatic carbocycles. The monoisotopic (exact) mass is 429 g/mol. The number of benzene rings is 3. The highest BCUT2D eigenvalue weighted by atomic mass is 35.5. The normalized spacial score (nSPS) is 9.65. The van der Waals surface area contributed by atoms with E-state index in [1.54, 1.807) is 48.5 Å². The molecular weight excluding hydrogens is 414 g/mol. The Morgan fingerprint density at radius 1 is 1.00 bits per heavy atom. The number of nitriles is 2. The van der Waals surface area contributed by atoms with E-state index in [0.29, 0.717) is 11.3 Å². The maximum atomic E-state index is 12.6. The molecule has 31 heavy (non-hydrogen) atoms. The van der Waals surface area contributed by atoms with E-state index in [1.165, 1.54) is 12.3 Å². The van der Waals surface area contributed by atoms with Crippen LogP contribution in [0, 0.1) is 22.7 Å². The van der Waals surface area contributed by atoms with E-state index in [2.05, 4.69) is 5.32 Å². The van der Waals surface area contributed by atoms with Crippen molar-refractivity contribution in [2.45, 2.75) is 6.61 Å². The second-order valence-corrected chi connectivity index (χ2v) is 6.67. The van der Waals surface area contributed by atoms with Crippen molar-refractivity contribution in [1.82, 2.24) is 0 Å². The second kappa shape index (κ2) is 10.5. The molecule has 0 atom stereocenters. The van der Waals surface area contributed by atoms with Gasteiger partial charge in [-0.3, -0.25) is 0 Å². The lowest BCUT2D eigenvalue weighted by molar-refractivity contribution is 0.0728. The van der Waals surface area contributed by atoms with Crippen LogP contribution in [-0.2, 0) is 6.61 Å². The van der Waals surface area contributed by atoms with Crippen molar-refractivity contribution < 1.29 is 14.3 Å². The number of hydrogen-bond donors (Lipinski definition) is 1. The SMILES string of the molecule is N#CC(C#N)=CNc1cc(Cl)cc(OC(=O)c2ccccc2)c1OCc1ccccc1. The lowest BCUT2D eigenvalue weighted by atomic mass is 10.2. The number of anilines is 1. The summed E-state index contributed by atoms with van der Waals surface area (Å²) in [6, 6.07) is 24.5. The van der Waals surface area contributed by atoms with Gasteiger partial charge in [0.25, 0.3) is 0 Å². The first kappa shape index (κ1) is 21.4. The molecule has 3 rings (SSSR count). The van der Waals surface area contributed by atoms with Crippen LogP contribution in [0.2, 0.25) is 5.02 Å². The molecule has 0 aliphatic heterocycles. The van der Waals surface area contributed by atoms with Crippen LogP contribution in [0.15, 0.2) is 84.6 Å². The Kier molecular flexibility index (Phi) is 7.26. The molecule has 0 bridgehead atoms. The zero-order valence-corrected chi connectivity index (χ0v) is 17.0. The smallest absolute Gasteiger partial charge is 0.343 e. The number of rotatable bonds is 7. The number of nitrogens with one attached hydrogen (secondary N) is 1. The highest BCUT2D eigenvalue weighted by molar-refractivity contribution is 6.31. The largest absolute Gasteiger partial charge is 0.483 e. The number of esters is 1. The van der Waals surface area contributed by atoms with Crippen LogP contribution in [0.5, 0.6) is 11.5 Å². The summed E-state index contributed by atoms with van der Waals surface area (Å²) in [5.74, 6) is -0.267. The van der Waals surface area contributed by atoms with Gasteiger partial charge in [0.15, 0.2) is 11.5 Å². The molecule has 0 spiro atoms. The van der Waals surface area contributed by atoms with E-state index in [4.69, 9.17) is 31.6 Å². The molecule has 6 nitrogen and oxygen atoms in total. The van der Waals surface area contributed by atoms with E-state index in [9.17, 15) is 4.79 Å². The summed E-state index contributed by atoms with van der Waals surface area (Å²) < 4.78 is 11.5. The number of carbonyl (C=O) groups excluding carboxylic acids is 1. The summed E-state index contributed by atoms with van der Waals surface area (Å²) in [5, 5.41) is 21.1. The lowest BCUT2D eigenvalue weighted by Crippen LogP contribution is -2.10. The maximum absolute atomic E-state index is 12.6. The second-order valence-electron chi connectivity index (χ2n) is 6.24. The highest BCUT2D eigenvalue weighted by Gasteiger charge is 2.18. The summed E-state index contributed by atoms with van der Waals surface area (Å²) in [5.41, 5.74) is 1.45. The quantitative estimate of drug-likeness (QED) is 0.303. The Morgan fingerprint density at radius 3 is 2.29 bits per heavy atom. The van der Waals surface area contributed by atoms with Crippen molar-refractivity contribution in [2.24, 2.45) is 0 Å². The van der Waals surface area contributed by atoms with Crippen LogP contribution < -0.4 is 14.8 Å². The molecule has 0 aromatic heterocycles. The van der Waals surface area contributed by atoms with E-state index in [-0.39, 0.29) is 28.7 Å². The third-order valence-corrected chi connectivity index (χ3v) is 4.29. The van der Waals surface area contributed by atoms with Crippen molar-refractivity contribution in [3.05, 3.63) is 101 Å². The van der Waals surface area contributed by atoms with Crippen molar-refractivity contribution in [2.75, 3.05) is 5.32 Å². The number of halogens is 1. The van der Waals surface area contributed by atoms with E-state index in [1.807, 2.05) is 30.3 Å². The molecular formula is C24H16ClN3O3. The van der Waals surface area contributed by atoms with Crippen LogP contribution in [-0.4, -0.2) is 5.97 Å². The number of carbonyl (C=O) groups is 1. The Morgan fingerprint density at radius 2 is 1.65 bits per heavy atom. The van der Waals surface area contributed by atoms with Crippen LogP contribution in [0.1, 0.15) is 15.9 Å². The molecule has 0 unspecified atom stereocenters. The number of nitrogens with zero attached hydrogens (tertiary/aromatic N) is 2. The van der Waals surface area contributed by atoms with Gasteiger partial charge in [-0.25, -0.2) is 4.79 Å². The fourth-order valence-corrected chi connectivity index (χ4v) is 2.81. The third-order valence-electron chi connectivity index (χ3n) is 4.07. The molecule has 0 saturated heterocycles. The van der Waals surface area contributed by atoms with Gasteiger partial charge in [0.2, 0.25) is 0 Å². The lowest BCUT2D eigenvalue weighted by Gasteiger charge is -2.16. The van der Waals surface area contributed by atoms with Gasteiger partial charge < -0.3 is 14.8 Å². The van der Waals surface area contributed by atoms with Gasteiger partial charge in [-0.15, -0.1) is 0 Å². The fourth-order valence-electron chi connectivity index (χ4n) is 2.60. The van der Waals surface area contributed by atoms with Crippen molar-refractivity contribution in [3.8, 4) is 23.6 Å². The van der Waals surface area contributed by atoms with Gasteiger partial charge >= 0.3 is 5.97 Å². The molecule has 152 valence electrons. The van der Waals surface area contributed by atoms with E-state index < -0.39 is 5.97 Å². The van der Waals surface area contributed by atoms with Gasteiger partial charge in [-0.2, -0.15) is 10.5 Å². The minimum Gasteiger partial charge on any atom is -0.483 e. The van der Waals surface area contributed by atoms with Crippen molar-refractivity contribution in [1.29, 1.82) is 10.5 Å². The van der Waals surface area contributed by atoms with E-state index >= 15 is 0 Å². The van der Waals surface area contributed by atoms with Gasteiger partial charge in [0, 0.05) is 17.3 Å². The Bertz CT molecular complexity index is 1160. The minimum atomic E-state index is -0.580. The van der Waals surface area contributed by atoms with E-state index in [0.717, 1.165) is 5.56 Å². The third kappa shape index (κ3) is 5.86. The van der Waals surface area contributed by atoms with Gasteiger partial charge in [-0.05, 0) is 23.8 Å². The molecule has 3 aromatic carbocycles. The van der Waals surface area contributed by atoms with Gasteiger partial charge in [0.1, 0.15) is 24.3 Å². The first-order valence-electron chi connectivity index (χ1n) is 9.15. The average Bonchev–Trinajstić information content (AvgIpc) is 2.80. The predicted molar refractivity (Wildman–Crippen MR) is 117 cm³/mol. The summed E-state index contributed by atoms with van der Waals surface area (Å²) in [6.07, 6.45) is 1.23. The number of allylic oxidation sites excluding steroid dienone is 1. The standard InChI is InChI=1S/C24H16ClN3O3/c25-20-11-21(28-15-18(13-26)14-27)23(30-16-17-7-3-1-4-8-17)22(12-20)31-24(29)19-9-5-2-6-10-19/h1-12,15,28H,16H2. The molecule has 7 heteroatoms. The van der Waals surface area contributed by atoms with Crippen LogP contribution in [0.4, 0.5) is 5.69 Å². The molecule has 0 aliphatic rings. The fraction of sp³-hybridized carbons (Fsp3) is 0.0417. The Balaban J connectivity index is 1.97. The highest BCUT2D eigenvalue weighted by Crippen LogP contribution is 2.40. The minimum absolute atomic E-state index is 0.101. The first-order chi connectivity index (χ1) is 15.1. The molecule has 0 fully saturated rings. The molecule has 0 saturated carbocycles. The summed E-state index contributed by atoms with van der Waals surface area (Å²) >= 11 is 6.21. The van der Waals surface area contributed by atoms with Crippen LogP contribution >= 0.6 is 11.6 Å². The zero-order valence-electron chi connectivity index (χ0n) is 16.2. The van der Waals surface area contributed by atoms with Crippen LogP contribution in [0.3, 0.4) is 0 Å². The Labute approximate surface area is 184 Å². The van der Waals surface area contributed by atoms with Crippen LogP contribution in [0.25, 0.3) is 0 Å². The topological polar surface area (TPSA) is 95.1 Å². The molecule has 0 heterocycles. The van der Waals surface area contributed by atoms with Gasteiger partial charge in [0.05, 0.1) is 11.3 Å². The summed E-state index contributed by atoms with van der Waals surface area (Å²) in [4.78, 5) is 12.6. The van der Waals surface area contributed by atoms with Crippen molar-refractivity contribution in [3.63, 3.8) is 0 Å². The summed E-state index contributed by atoms with van der Waals surface area (Å²) in [7, 11) is 0. The first-order valence-corrected chi connectivity index (χ1v) is 9.53. The summed E-state index contributed by atoms with van der Waals surface area (Å²) in [6.45, 7) is 0.195. The van der Waals surface area contributed by atoms with Gasteiger partial charge in [-0.1, -0.05) is 60.1 Å². The van der Waals surface area contributed by atoms with Crippen molar-refractivity contribution >= 4 is 23.3 Å². The molecule has 0 radical (unpaired) electrons. The number of ether oxygens (including phenoxy) is 2. The maximum Gasteiger partial charge on any atom is 0.343 e. The average molecular weight is 430 g/mol. The predicted octanol–water partition coefficient (Wildman–Crippen LogP) is 5.48. The Hall–Kier alpha value is -4.26. The molecule has 3 aromatic rings.